The van der Waals surface area contributed by atoms with E-state index >= 15 is 0 Å². The van der Waals surface area contributed by atoms with Crippen LogP contribution in [-0.2, 0) is 16.2 Å². The van der Waals surface area contributed by atoms with Crippen LogP contribution in [0.25, 0.3) is 6.08 Å². The third kappa shape index (κ3) is 5.79. The number of hydrogen-bond donors (Lipinski definition) is 2. The summed E-state index contributed by atoms with van der Waals surface area (Å²) in [5, 5.41) is 12.9. The fourth-order valence-electron chi connectivity index (χ4n) is 3.68. The van der Waals surface area contributed by atoms with Crippen molar-refractivity contribution in [2.24, 2.45) is 0 Å². The Morgan fingerprint density at radius 2 is 1.87 bits per heavy atom. The molecule has 164 valence electrons. The van der Waals surface area contributed by atoms with Crippen molar-refractivity contribution in [2.45, 2.75) is 44.2 Å². The molecule has 1 aliphatic rings. The van der Waals surface area contributed by atoms with Crippen molar-refractivity contribution in [3.8, 4) is 11.5 Å². The van der Waals surface area contributed by atoms with Crippen LogP contribution in [0.2, 0.25) is 5.02 Å². The number of benzene rings is 2. The van der Waals surface area contributed by atoms with Crippen molar-refractivity contribution in [1.82, 2.24) is 5.32 Å². The lowest BCUT2D eigenvalue weighted by molar-refractivity contribution is -0.148. The highest BCUT2D eigenvalue weighted by atomic mass is 35.5. The molecule has 6 nitrogen and oxygen atoms in total. The summed E-state index contributed by atoms with van der Waals surface area (Å²) in [6.45, 7) is 0.297. The van der Waals surface area contributed by atoms with E-state index in [1.165, 1.54) is 13.2 Å². The fourth-order valence-corrected chi connectivity index (χ4v) is 3.87. The molecule has 0 aliphatic heterocycles. The first-order valence-corrected chi connectivity index (χ1v) is 10.6. The normalized spacial score (nSPS) is 15.4. The van der Waals surface area contributed by atoms with E-state index in [1.807, 2.05) is 18.2 Å². The molecule has 1 saturated carbocycles. The summed E-state index contributed by atoms with van der Waals surface area (Å²) in [7, 11) is 1.54. The molecule has 3 rings (SSSR count). The third-order valence-corrected chi connectivity index (χ3v) is 5.80. The summed E-state index contributed by atoms with van der Waals surface area (Å²) in [6, 6.07) is 12.7. The number of methoxy groups -OCH3 is 1. The SMILES string of the molecule is COc1cc(C=CC(=O)NC2(C(=O)O)CCCCC2)ccc1OCc1ccccc1Cl. The maximum absolute atomic E-state index is 12.4. The van der Waals surface area contributed by atoms with Crippen molar-refractivity contribution < 1.29 is 24.2 Å². The number of carboxylic acid groups (broad SMARTS) is 1. The minimum absolute atomic E-state index is 0.297. The molecule has 0 bridgehead atoms. The number of ether oxygens (including phenoxy) is 2. The van der Waals surface area contributed by atoms with Crippen molar-refractivity contribution in [3.05, 3.63) is 64.7 Å². The molecule has 2 aromatic carbocycles. The first-order valence-electron chi connectivity index (χ1n) is 10.2. The highest BCUT2D eigenvalue weighted by Crippen LogP contribution is 2.31. The Morgan fingerprint density at radius 3 is 2.55 bits per heavy atom. The number of halogens is 1. The molecule has 0 saturated heterocycles. The van der Waals surface area contributed by atoms with Gasteiger partial charge in [0.2, 0.25) is 5.91 Å². The first-order chi connectivity index (χ1) is 14.9. The van der Waals surface area contributed by atoms with Gasteiger partial charge in [-0.3, -0.25) is 4.79 Å². The molecule has 1 fully saturated rings. The van der Waals surface area contributed by atoms with Crippen LogP contribution in [0.3, 0.4) is 0 Å². The molecule has 0 spiro atoms. The van der Waals surface area contributed by atoms with Crippen LogP contribution in [-0.4, -0.2) is 29.6 Å². The van der Waals surface area contributed by atoms with Crippen LogP contribution in [0.4, 0.5) is 0 Å². The second-order valence-corrected chi connectivity index (χ2v) is 7.97. The molecular weight excluding hydrogens is 418 g/mol. The quantitative estimate of drug-likeness (QED) is 0.570. The second kappa shape index (κ2) is 10.4. The molecule has 2 N–H and O–H groups in total. The first kappa shape index (κ1) is 22.7. The lowest BCUT2D eigenvalue weighted by atomic mass is 9.81. The summed E-state index contributed by atoms with van der Waals surface area (Å²) >= 11 is 6.16. The van der Waals surface area contributed by atoms with Gasteiger partial charge < -0.3 is 19.9 Å². The van der Waals surface area contributed by atoms with Crippen molar-refractivity contribution in [2.75, 3.05) is 7.11 Å². The highest BCUT2D eigenvalue weighted by Gasteiger charge is 2.40. The third-order valence-electron chi connectivity index (χ3n) is 5.43. The van der Waals surface area contributed by atoms with E-state index in [4.69, 9.17) is 21.1 Å². The zero-order valence-corrected chi connectivity index (χ0v) is 18.2. The van der Waals surface area contributed by atoms with E-state index in [0.717, 1.165) is 30.4 Å². The van der Waals surface area contributed by atoms with Crippen LogP contribution >= 0.6 is 11.6 Å². The number of amides is 1. The topological polar surface area (TPSA) is 84.9 Å². The van der Waals surface area contributed by atoms with E-state index in [1.54, 1.807) is 30.3 Å². The maximum atomic E-state index is 12.4. The van der Waals surface area contributed by atoms with Crippen LogP contribution in [0, 0.1) is 0 Å². The number of aliphatic carboxylic acids is 1. The molecular formula is C24H26ClNO5. The van der Waals surface area contributed by atoms with Gasteiger partial charge in [0.25, 0.3) is 0 Å². The van der Waals surface area contributed by atoms with Crippen LogP contribution in [0.15, 0.2) is 48.5 Å². The van der Waals surface area contributed by atoms with E-state index in [-0.39, 0.29) is 0 Å². The van der Waals surface area contributed by atoms with Gasteiger partial charge in [-0.05, 0) is 42.7 Å². The number of hydrogen-bond acceptors (Lipinski definition) is 4. The summed E-state index contributed by atoms with van der Waals surface area (Å²) in [5.74, 6) is -0.335. The second-order valence-electron chi connectivity index (χ2n) is 7.56. The molecule has 0 aromatic heterocycles. The van der Waals surface area contributed by atoms with E-state index in [0.29, 0.717) is 36.0 Å². The number of rotatable bonds is 8. The Bertz CT molecular complexity index is 966. The average Bonchev–Trinajstić information content (AvgIpc) is 2.78. The smallest absolute Gasteiger partial charge is 0.329 e. The molecule has 0 radical (unpaired) electrons. The van der Waals surface area contributed by atoms with E-state index in [9.17, 15) is 14.7 Å². The number of carbonyl (C=O) groups is 2. The van der Waals surface area contributed by atoms with Crippen LogP contribution in [0.5, 0.6) is 11.5 Å². The lowest BCUT2D eigenvalue weighted by Gasteiger charge is -2.33. The number of nitrogens with one attached hydrogen (secondary N) is 1. The molecule has 0 unspecified atom stereocenters. The van der Waals surface area contributed by atoms with Gasteiger partial charge in [0.1, 0.15) is 12.1 Å². The summed E-state index contributed by atoms with van der Waals surface area (Å²) in [6.07, 6.45) is 6.45. The van der Waals surface area contributed by atoms with Crippen molar-refractivity contribution >= 4 is 29.6 Å². The lowest BCUT2D eigenvalue weighted by Crippen LogP contribution is -2.55. The van der Waals surface area contributed by atoms with Gasteiger partial charge in [-0.15, -0.1) is 0 Å². The maximum Gasteiger partial charge on any atom is 0.329 e. The fraction of sp³-hybridized carbons (Fsp3) is 0.333. The minimum Gasteiger partial charge on any atom is -0.493 e. The average molecular weight is 444 g/mol. The standard InChI is InChI=1S/C24H26ClNO5/c1-30-21-15-17(9-11-20(21)31-16-18-7-3-4-8-19(18)25)10-12-22(27)26-24(23(28)29)13-5-2-6-14-24/h3-4,7-12,15H,2,5-6,13-14,16H2,1H3,(H,26,27)(H,28,29). The van der Waals surface area contributed by atoms with Crippen molar-refractivity contribution in [3.63, 3.8) is 0 Å². The van der Waals surface area contributed by atoms with Gasteiger partial charge in [0, 0.05) is 16.7 Å². The highest BCUT2D eigenvalue weighted by molar-refractivity contribution is 6.31. The molecule has 1 aliphatic carbocycles. The van der Waals surface area contributed by atoms with E-state index in [2.05, 4.69) is 5.32 Å². The van der Waals surface area contributed by atoms with Crippen molar-refractivity contribution in [1.29, 1.82) is 0 Å². The molecule has 0 heterocycles. The Morgan fingerprint density at radius 1 is 1.13 bits per heavy atom. The Balaban J connectivity index is 1.66. The van der Waals surface area contributed by atoms with Gasteiger partial charge in [-0.2, -0.15) is 0 Å². The predicted octanol–water partition coefficient (Wildman–Crippen LogP) is 4.84. The zero-order valence-electron chi connectivity index (χ0n) is 17.4. The Kier molecular flexibility index (Phi) is 7.58. The Hall–Kier alpha value is -2.99. The van der Waals surface area contributed by atoms with Crippen LogP contribution < -0.4 is 14.8 Å². The minimum atomic E-state index is -1.17. The zero-order chi connectivity index (χ0) is 22.3. The molecule has 0 atom stereocenters. The van der Waals surface area contributed by atoms with Gasteiger partial charge in [-0.25, -0.2) is 4.79 Å². The van der Waals surface area contributed by atoms with Gasteiger partial charge in [0.15, 0.2) is 11.5 Å². The molecule has 1 amide bonds. The molecule has 2 aromatic rings. The molecule has 7 heteroatoms. The summed E-state index contributed by atoms with van der Waals surface area (Å²) in [5.41, 5.74) is 0.417. The largest absolute Gasteiger partial charge is 0.493 e. The van der Waals surface area contributed by atoms with Gasteiger partial charge >= 0.3 is 5.97 Å². The Labute approximate surface area is 186 Å². The number of carbonyl (C=O) groups excluding carboxylic acids is 1. The summed E-state index contributed by atoms with van der Waals surface area (Å²) < 4.78 is 11.2. The molecule has 31 heavy (non-hydrogen) atoms. The predicted molar refractivity (Wildman–Crippen MR) is 119 cm³/mol. The number of carboxylic acids is 1. The monoisotopic (exact) mass is 443 g/mol. The van der Waals surface area contributed by atoms with E-state index < -0.39 is 17.4 Å². The van der Waals surface area contributed by atoms with Gasteiger partial charge in [0.05, 0.1) is 7.11 Å². The summed E-state index contributed by atoms with van der Waals surface area (Å²) in [4.78, 5) is 24.1. The van der Waals surface area contributed by atoms with Crippen LogP contribution in [0.1, 0.15) is 43.2 Å². The van der Waals surface area contributed by atoms with Gasteiger partial charge in [-0.1, -0.05) is 55.1 Å².